The van der Waals surface area contributed by atoms with Crippen LogP contribution in [0.1, 0.15) is 53.5 Å². The maximum atomic E-state index is 8.90. The summed E-state index contributed by atoms with van der Waals surface area (Å²) in [7, 11) is -1.68. The zero-order valence-corrected chi connectivity index (χ0v) is 28.4. The molecule has 7 rings (SSSR count). The summed E-state index contributed by atoms with van der Waals surface area (Å²) in [6.07, 6.45) is 6.37. The second-order valence-corrected chi connectivity index (χ2v) is 17.0. The number of furan rings is 1. The monoisotopic (exact) mass is 782 g/mol. The van der Waals surface area contributed by atoms with Crippen LogP contribution in [-0.4, -0.2) is 23.0 Å². The van der Waals surface area contributed by atoms with Crippen molar-refractivity contribution < 1.29 is 35.5 Å². The minimum atomic E-state index is -2.34. The minimum Gasteiger partial charge on any atom is -0.486 e. The maximum Gasteiger partial charge on any atom is 0.216 e. The number of aromatic nitrogens is 3. The molecule has 0 bridgehead atoms. The van der Waals surface area contributed by atoms with Crippen molar-refractivity contribution >= 4 is 35.3 Å². The van der Waals surface area contributed by atoms with Crippen molar-refractivity contribution in [3.8, 4) is 22.5 Å². The van der Waals surface area contributed by atoms with E-state index in [1.165, 1.54) is 24.4 Å². The summed E-state index contributed by atoms with van der Waals surface area (Å²) < 4.78 is 68.8. The number of aryl methyl sites for hydroxylation is 2. The fourth-order valence-electron chi connectivity index (χ4n) is 5.54. The van der Waals surface area contributed by atoms with Crippen LogP contribution in [0.2, 0.25) is 19.6 Å². The van der Waals surface area contributed by atoms with Crippen molar-refractivity contribution in [3.05, 3.63) is 108 Å². The average molecular weight is 782 g/mol. The molecule has 1 saturated carbocycles. The molecule has 0 atom stereocenters. The summed E-state index contributed by atoms with van der Waals surface area (Å²) in [6.45, 7) is 2.22. The number of pyridine rings is 3. The molecule has 4 nitrogen and oxygen atoms in total. The number of nitrogens with zero attached hydrogens (tertiary/aromatic N) is 3. The fourth-order valence-corrected chi connectivity index (χ4v) is 6.95. The maximum absolute atomic E-state index is 8.90. The Bertz CT molecular complexity index is 2170. The number of rotatable bonds is 5. The van der Waals surface area contributed by atoms with E-state index < -0.39 is 28.2 Å². The van der Waals surface area contributed by atoms with Crippen LogP contribution in [0.15, 0.2) is 83.5 Å². The molecular formula is C38H39IrN3OSi-2. The Kier molecular flexibility index (Phi) is 7.14. The second-order valence-electron chi connectivity index (χ2n) is 11.9. The van der Waals surface area contributed by atoms with Crippen molar-refractivity contribution in [1.29, 1.82) is 0 Å². The standard InChI is InChI=1S/C20H26NSi.C18H13N2O.Ir/c1-22(2,3)20-15-21-19(17-11-5-4-6-12-17)14-18(20)13-16-9-7-8-10-16;1-11-8-9-19-16(10-11)15-5-3-4-13-14-7-6-12(2)20-18(14)21-17(13)15;/h4-6,11,14-16H,7-10,13H2,1-3H3;3-4,6-10H,1-2H3;/q2*-1;/i13D2;1D3,2D3;. The SMILES string of the molecule is [2H]C([2H])([2H])c1ccnc(-c2[c-]ccc3c2oc2nc(C([2H])([2H])[2H])ccc23)c1.[2H]C([2H])(c1cc(-c2[c-]cccc2)ncc1[Si](C)(C)C)C1CCCC1.[Ir]. The molecule has 6 heteroatoms. The van der Waals surface area contributed by atoms with Gasteiger partial charge in [0.15, 0.2) is 0 Å². The summed E-state index contributed by atoms with van der Waals surface area (Å²) in [5.41, 5.74) is 4.27. The normalized spacial score (nSPS) is 17.1. The molecule has 4 aromatic heterocycles. The van der Waals surface area contributed by atoms with Crippen LogP contribution in [0.5, 0.6) is 0 Å². The van der Waals surface area contributed by atoms with E-state index in [0.717, 1.165) is 53.1 Å². The van der Waals surface area contributed by atoms with Gasteiger partial charge < -0.3 is 14.4 Å². The van der Waals surface area contributed by atoms with Gasteiger partial charge in [0, 0.05) is 54.5 Å². The summed E-state index contributed by atoms with van der Waals surface area (Å²) >= 11 is 0. The van der Waals surface area contributed by atoms with Crippen molar-refractivity contribution in [1.82, 2.24) is 15.0 Å². The molecule has 227 valence electrons. The van der Waals surface area contributed by atoms with E-state index >= 15 is 0 Å². The van der Waals surface area contributed by atoms with E-state index in [2.05, 4.69) is 46.7 Å². The second kappa shape index (κ2) is 13.7. The van der Waals surface area contributed by atoms with Gasteiger partial charge in [0.25, 0.3) is 0 Å². The molecule has 4 heterocycles. The first-order valence-corrected chi connectivity index (χ1v) is 18.1. The fraction of sp³-hybridized carbons (Fsp3) is 0.289. The number of hydrogen-bond acceptors (Lipinski definition) is 4. The first kappa shape index (κ1) is 23.0. The van der Waals surface area contributed by atoms with Gasteiger partial charge in [-0.25, -0.2) is 4.98 Å². The Balaban J connectivity index is 0.000000199. The predicted molar refractivity (Wildman–Crippen MR) is 180 cm³/mol. The topological polar surface area (TPSA) is 51.8 Å². The van der Waals surface area contributed by atoms with Gasteiger partial charge in [-0.1, -0.05) is 79.5 Å². The summed E-state index contributed by atoms with van der Waals surface area (Å²) in [5, 5.41) is 2.55. The Morgan fingerprint density at radius 1 is 0.932 bits per heavy atom. The third-order valence-electron chi connectivity index (χ3n) is 7.73. The van der Waals surface area contributed by atoms with E-state index in [0.29, 0.717) is 22.2 Å². The molecule has 6 aromatic rings. The van der Waals surface area contributed by atoms with Crippen LogP contribution >= 0.6 is 0 Å². The molecule has 1 fully saturated rings. The van der Waals surface area contributed by atoms with E-state index in [1.54, 1.807) is 18.2 Å². The molecule has 0 saturated heterocycles. The summed E-state index contributed by atoms with van der Waals surface area (Å²) in [5.74, 6) is 0.127. The molecule has 2 aromatic carbocycles. The van der Waals surface area contributed by atoms with Crippen LogP contribution in [0.25, 0.3) is 44.6 Å². The minimum absolute atomic E-state index is 0. The van der Waals surface area contributed by atoms with Gasteiger partial charge in [-0.2, -0.15) is 0 Å². The summed E-state index contributed by atoms with van der Waals surface area (Å²) in [4.78, 5) is 13.0. The first-order chi connectivity index (χ1) is 23.9. The zero-order chi connectivity index (χ0) is 36.8. The van der Waals surface area contributed by atoms with Gasteiger partial charge in [0.05, 0.1) is 13.7 Å². The predicted octanol–water partition coefficient (Wildman–Crippen LogP) is 9.28. The van der Waals surface area contributed by atoms with Gasteiger partial charge in [-0.15, -0.1) is 54.1 Å². The molecule has 0 spiro atoms. The van der Waals surface area contributed by atoms with Gasteiger partial charge >= 0.3 is 0 Å². The van der Waals surface area contributed by atoms with E-state index in [-0.39, 0.29) is 43.0 Å². The molecule has 0 unspecified atom stereocenters. The molecule has 0 aliphatic heterocycles. The molecule has 1 radical (unpaired) electrons. The molecule has 0 N–H and O–H groups in total. The average Bonchev–Trinajstić information content (AvgIpc) is 3.77. The molecular weight excluding hydrogens is 735 g/mol. The van der Waals surface area contributed by atoms with Gasteiger partial charge in [-0.05, 0) is 60.8 Å². The van der Waals surface area contributed by atoms with Crippen LogP contribution in [0, 0.1) is 31.8 Å². The Morgan fingerprint density at radius 3 is 2.55 bits per heavy atom. The largest absolute Gasteiger partial charge is 0.486 e. The quantitative estimate of drug-likeness (QED) is 0.129. The molecule has 44 heavy (non-hydrogen) atoms. The van der Waals surface area contributed by atoms with Crippen LogP contribution in [0.4, 0.5) is 0 Å². The third-order valence-corrected chi connectivity index (χ3v) is 9.74. The van der Waals surface area contributed by atoms with E-state index in [9.17, 15) is 0 Å². The summed E-state index contributed by atoms with van der Waals surface area (Å²) in [6, 6.07) is 25.6. The Morgan fingerprint density at radius 2 is 1.80 bits per heavy atom. The van der Waals surface area contributed by atoms with Gasteiger partial charge in [-0.3, -0.25) is 0 Å². The van der Waals surface area contributed by atoms with Crippen LogP contribution in [-0.2, 0) is 26.5 Å². The third kappa shape index (κ3) is 7.09. The van der Waals surface area contributed by atoms with Gasteiger partial charge in [0.2, 0.25) is 5.71 Å². The Labute approximate surface area is 287 Å². The smallest absolute Gasteiger partial charge is 0.216 e. The van der Waals surface area contributed by atoms with E-state index in [4.69, 9.17) is 15.4 Å². The zero-order valence-electron chi connectivity index (χ0n) is 33.0. The van der Waals surface area contributed by atoms with Crippen LogP contribution in [0.3, 0.4) is 0 Å². The van der Waals surface area contributed by atoms with E-state index in [1.807, 2.05) is 36.5 Å². The van der Waals surface area contributed by atoms with Crippen LogP contribution < -0.4 is 5.19 Å². The molecule has 1 aliphatic rings. The van der Waals surface area contributed by atoms with Crippen molar-refractivity contribution in [2.24, 2.45) is 5.92 Å². The number of benzene rings is 2. The Hall–Kier alpha value is -3.44. The number of hydrogen-bond donors (Lipinski definition) is 0. The molecule has 1 aliphatic carbocycles. The first-order valence-electron chi connectivity index (χ1n) is 18.6. The van der Waals surface area contributed by atoms with Crippen molar-refractivity contribution in [3.63, 3.8) is 0 Å². The molecule has 0 amide bonds. The van der Waals surface area contributed by atoms with Crippen molar-refractivity contribution in [2.45, 2.75) is 65.4 Å². The number of fused-ring (bicyclic) bond motifs is 3. The van der Waals surface area contributed by atoms with Crippen molar-refractivity contribution in [2.75, 3.05) is 0 Å². The van der Waals surface area contributed by atoms with Gasteiger partial charge in [0.1, 0.15) is 0 Å².